The Kier molecular flexibility index (Phi) is 3.49. The number of carbonyl (C=O) groups is 1. The topological polar surface area (TPSA) is 68.6 Å². The molecule has 1 aromatic rings. The first-order valence-electron chi connectivity index (χ1n) is 5.43. The molecule has 0 saturated carbocycles. The predicted molar refractivity (Wildman–Crippen MR) is 62.9 cm³/mol. The van der Waals surface area contributed by atoms with Gasteiger partial charge in [0.2, 0.25) is 6.79 Å². The zero-order valence-electron chi connectivity index (χ0n) is 9.80. The van der Waals surface area contributed by atoms with Crippen LogP contribution in [0.5, 0.6) is 11.5 Å². The Hall–Kier alpha value is -2.48. The molecule has 0 saturated heterocycles. The van der Waals surface area contributed by atoms with Crippen LogP contribution in [-0.2, 0) is 9.53 Å². The maximum atomic E-state index is 11.2. The molecule has 0 amide bonds. The second-order valence-electron chi connectivity index (χ2n) is 3.49. The van der Waals surface area contributed by atoms with E-state index in [2.05, 4.69) is 0 Å². The van der Waals surface area contributed by atoms with Crippen molar-refractivity contribution in [2.75, 3.05) is 13.4 Å². The molecule has 5 heteroatoms. The Morgan fingerprint density at radius 1 is 1.50 bits per heavy atom. The Balaban J connectivity index is 2.28. The van der Waals surface area contributed by atoms with Gasteiger partial charge in [-0.3, -0.25) is 0 Å². The van der Waals surface area contributed by atoms with Gasteiger partial charge in [0.1, 0.15) is 0 Å². The highest BCUT2D eigenvalue weighted by Crippen LogP contribution is 2.35. The van der Waals surface area contributed by atoms with Gasteiger partial charge in [0, 0.05) is 12.1 Å². The fraction of sp³-hybridized carbons (Fsp3) is 0.231. The minimum atomic E-state index is -0.445. The van der Waals surface area contributed by atoms with Crippen LogP contribution in [0.1, 0.15) is 18.1 Å². The van der Waals surface area contributed by atoms with Gasteiger partial charge in [-0.2, -0.15) is 5.26 Å². The summed E-state index contributed by atoms with van der Waals surface area (Å²) in [5.41, 5.74) is 1.01. The summed E-state index contributed by atoms with van der Waals surface area (Å²) in [4.78, 5) is 11.2. The van der Waals surface area contributed by atoms with Gasteiger partial charge >= 0.3 is 5.97 Å². The largest absolute Gasteiger partial charge is 0.463 e. The van der Waals surface area contributed by atoms with Crippen molar-refractivity contribution < 1.29 is 19.0 Å². The van der Waals surface area contributed by atoms with Crippen molar-refractivity contribution in [1.29, 1.82) is 5.26 Å². The fourth-order valence-electron chi connectivity index (χ4n) is 1.54. The minimum Gasteiger partial charge on any atom is -0.463 e. The number of fused-ring (bicyclic) bond motifs is 1. The van der Waals surface area contributed by atoms with Crippen LogP contribution < -0.4 is 9.47 Å². The molecule has 1 aromatic carbocycles. The van der Waals surface area contributed by atoms with Crippen molar-refractivity contribution >= 4 is 12.0 Å². The van der Waals surface area contributed by atoms with E-state index in [1.54, 1.807) is 19.1 Å². The molecule has 0 atom stereocenters. The van der Waals surface area contributed by atoms with E-state index in [9.17, 15) is 4.79 Å². The first-order chi connectivity index (χ1) is 8.74. The first kappa shape index (κ1) is 12.0. The van der Waals surface area contributed by atoms with Gasteiger partial charge in [-0.15, -0.1) is 0 Å². The van der Waals surface area contributed by atoms with Crippen LogP contribution in [0, 0.1) is 11.3 Å². The van der Waals surface area contributed by atoms with Crippen molar-refractivity contribution in [2.24, 2.45) is 0 Å². The highest BCUT2D eigenvalue weighted by molar-refractivity contribution is 5.87. The lowest BCUT2D eigenvalue weighted by molar-refractivity contribution is -0.137. The number of ether oxygens (including phenoxy) is 3. The molecule has 0 spiro atoms. The number of hydrogen-bond acceptors (Lipinski definition) is 5. The van der Waals surface area contributed by atoms with Gasteiger partial charge < -0.3 is 14.2 Å². The van der Waals surface area contributed by atoms with Gasteiger partial charge in [-0.25, -0.2) is 4.79 Å². The molecule has 0 aliphatic carbocycles. The molecule has 1 heterocycles. The van der Waals surface area contributed by atoms with E-state index >= 15 is 0 Å². The number of rotatable bonds is 3. The summed E-state index contributed by atoms with van der Waals surface area (Å²) < 4.78 is 15.1. The first-order valence-corrected chi connectivity index (χ1v) is 5.43. The summed E-state index contributed by atoms with van der Waals surface area (Å²) in [6.07, 6.45) is 2.81. The number of esters is 1. The summed E-state index contributed by atoms with van der Waals surface area (Å²) in [6, 6.07) is 5.30. The Morgan fingerprint density at radius 2 is 2.22 bits per heavy atom. The van der Waals surface area contributed by atoms with E-state index in [0.29, 0.717) is 29.2 Å². The highest BCUT2D eigenvalue weighted by atomic mass is 16.7. The van der Waals surface area contributed by atoms with Crippen LogP contribution in [0.15, 0.2) is 18.2 Å². The number of nitrogens with zero attached hydrogens (tertiary/aromatic N) is 1. The molecule has 0 N–H and O–H groups in total. The van der Waals surface area contributed by atoms with Gasteiger partial charge in [0.15, 0.2) is 11.5 Å². The SMILES string of the molecule is CCOC(=O)/C=C/c1cc2c(cc1C#N)OCO2. The van der Waals surface area contributed by atoms with Crippen molar-refractivity contribution in [3.05, 3.63) is 29.3 Å². The molecule has 1 aliphatic rings. The van der Waals surface area contributed by atoms with Crippen molar-refractivity contribution in [1.82, 2.24) is 0 Å². The molecule has 0 fully saturated rings. The third-order valence-corrected chi connectivity index (χ3v) is 2.35. The van der Waals surface area contributed by atoms with Gasteiger partial charge in [0.25, 0.3) is 0 Å². The fourth-order valence-corrected chi connectivity index (χ4v) is 1.54. The van der Waals surface area contributed by atoms with Crippen LogP contribution in [0.2, 0.25) is 0 Å². The van der Waals surface area contributed by atoms with Crippen LogP contribution in [-0.4, -0.2) is 19.4 Å². The monoisotopic (exact) mass is 245 g/mol. The van der Waals surface area contributed by atoms with E-state index in [4.69, 9.17) is 19.5 Å². The zero-order chi connectivity index (χ0) is 13.0. The van der Waals surface area contributed by atoms with E-state index in [-0.39, 0.29) is 6.79 Å². The van der Waals surface area contributed by atoms with Gasteiger partial charge in [-0.1, -0.05) is 0 Å². The molecule has 0 bridgehead atoms. The lowest BCUT2D eigenvalue weighted by Crippen LogP contribution is -1.98. The van der Waals surface area contributed by atoms with Crippen molar-refractivity contribution in [3.8, 4) is 17.6 Å². The maximum Gasteiger partial charge on any atom is 0.330 e. The number of carbonyl (C=O) groups excluding carboxylic acids is 1. The standard InChI is InChI=1S/C13H11NO4/c1-2-16-13(15)4-3-9-5-11-12(18-8-17-11)6-10(9)7-14/h3-6H,2,8H2,1H3/b4-3+. The third-order valence-electron chi connectivity index (χ3n) is 2.35. The average molecular weight is 245 g/mol. The summed E-state index contributed by atoms with van der Waals surface area (Å²) in [5, 5.41) is 9.02. The maximum absolute atomic E-state index is 11.2. The number of hydrogen-bond donors (Lipinski definition) is 0. The summed E-state index contributed by atoms with van der Waals surface area (Å²) >= 11 is 0. The van der Waals surface area contributed by atoms with Gasteiger partial charge in [-0.05, 0) is 24.6 Å². The molecular formula is C13H11NO4. The molecule has 0 unspecified atom stereocenters. The lowest BCUT2D eigenvalue weighted by atomic mass is 10.1. The van der Waals surface area contributed by atoms with Crippen LogP contribution in [0.25, 0.3) is 6.08 Å². The Labute approximate surface area is 104 Å². The number of nitriles is 1. The highest BCUT2D eigenvalue weighted by Gasteiger charge is 2.16. The Bertz CT molecular complexity index is 543. The van der Waals surface area contributed by atoms with Crippen LogP contribution >= 0.6 is 0 Å². The Morgan fingerprint density at radius 3 is 2.89 bits per heavy atom. The zero-order valence-corrected chi connectivity index (χ0v) is 9.80. The molecule has 92 valence electrons. The molecule has 0 radical (unpaired) electrons. The lowest BCUT2D eigenvalue weighted by Gasteiger charge is -2.01. The molecule has 5 nitrogen and oxygen atoms in total. The van der Waals surface area contributed by atoms with E-state index < -0.39 is 5.97 Å². The van der Waals surface area contributed by atoms with Crippen molar-refractivity contribution in [3.63, 3.8) is 0 Å². The molecule has 1 aliphatic heterocycles. The summed E-state index contributed by atoms with van der Waals surface area (Å²) in [6.45, 7) is 2.19. The van der Waals surface area contributed by atoms with E-state index in [0.717, 1.165) is 0 Å². The molecule has 2 rings (SSSR count). The molecular weight excluding hydrogens is 234 g/mol. The molecule has 18 heavy (non-hydrogen) atoms. The van der Waals surface area contributed by atoms with Gasteiger partial charge in [0.05, 0.1) is 18.2 Å². The van der Waals surface area contributed by atoms with Crippen molar-refractivity contribution in [2.45, 2.75) is 6.92 Å². The second-order valence-corrected chi connectivity index (χ2v) is 3.49. The third kappa shape index (κ3) is 2.43. The van der Waals surface area contributed by atoms with E-state index in [1.165, 1.54) is 12.2 Å². The normalized spacial score (nSPS) is 12.4. The smallest absolute Gasteiger partial charge is 0.330 e. The van der Waals surface area contributed by atoms with Crippen LogP contribution in [0.4, 0.5) is 0 Å². The second kappa shape index (κ2) is 5.23. The molecule has 0 aromatic heterocycles. The average Bonchev–Trinajstić information content (AvgIpc) is 2.82. The quantitative estimate of drug-likeness (QED) is 0.600. The predicted octanol–water partition coefficient (Wildman–Crippen LogP) is 1.86. The van der Waals surface area contributed by atoms with E-state index in [1.807, 2.05) is 6.07 Å². The van der Waals surface area contributed by atoms with Crippen LogP contribution in [0.3, 0.4) is 0 Å². The summed E-state index contributed by atoms with van der Waals surface area (Å²) in [7, 11) is 0. The summed E-state index contributed by atoms with van der Waals surface area (Å²) in [5.74, 6) is 0.663. The number of benzene rings is 1. The minimum absolute atomic E-state index is 0.144.